The number of nitrogens with zero attached hydrogens (tertiary/aromatic N) is 4. The summed E-state index contributed by atoms with van der Waals surface area (Å²) in [6.45, 7) is 1.80. The maximum Gasteiger partial charge on any atom is 0.248 e. The van der Waals surface area contributed by atoms with E-state index < -0.39 is 5.91 Å². The number of anilines is 1. The lowest BCUT2D eigenvalue weighted by atomic mass is 9.96. The van der Waals surface area contributed by atoms with Gasteiger partial charge in [0.15, 0.2) is 0 Å². The van der Waals surface area contributed by atoms with Crippen molar-refractivity contribution in [1.29, 1.82) is 0 Å². The molecule has 1 amide bonds. The van der Waals surface area contributed by atoms with Crippen LogP contribution in [0.4, 0.5) is 5.95 Å². The first kappa shape index (κ1) is 11.4. The number of rotatable bonds is 2. The molecule has 2 aromatic heterocycles. The number of nitrogens with two attached hydrogens (primary N) is 1. The van der Waals surface area contributed by atoms with Gasteiger partial charge in [-0.1, -0.05) is 0 Å². The van der Waals surface area contributed by atoms with Gasteiger partial charge in [-0.25, -0.2) is 4.68 Å². The van der Waals surface area contributed by atoms with Crippen molar-refractivity contribution in [2.45, 2.75) is 13.0 Å². The Kier molecular flexibility index (Phi) is 2.52. The number of fused-ring (bicyclic) bond motifs is 1. The Hall–Kier alpha value is -2.70. The van der Waals surface area contributed by atoms with Crippen LogP contribution >= 0.6 is 0 Å². The molecule has 7 heteroatoms. The Morgan fingerprint density at radius 2 is 2.16 bits per heavy atom. The van der Waals surface area contributed by atoms with Crippen molar-refractivity contribution in [2.24, 2.45) is 5.73 Å². The molecule has 0 spiro atoms. The molecule has 3 rings (SSSR count). The van der Waals surface area contributed by atoms with Gasteiger partial charge in [-0.15, -0.1) is 0 Å². The van der Waals surface area contributed by atoms with Gasteiger partial charge in [0.05, 0.1) is 5.57 Å². The number of pyridine rings is 1. The van der Waals surface area contributed by atoms with Crippen molar-refractivity contribution < 1.29 is 4.79 Å². The number of carbonyl (C=O) groups is 1. The second-order valence-corrected chi connectivity index (χ2v) is 4.24. The third-order valence-corrected chi connectivity index (χ3v) is 3.08. The van der Waals surface area contributed by atoms with E-state index in [9.17, 15) is 4.79 Å². The summed E-state index contributed by atoms with van der Waals surface area (Å²) in [7, 11) is 0. The molecule has 0 aliphatic carbocycles. The molecular weight excluding hydrogens is 244 g/mol. The summed E-state index contributed by atoms with van der Waals surface area (Å²) in [5, 5.41) is 7.19. The van der Waals surface area contributed by atoms with Crippen LogP contribution in [0.5, 0.6) is 0 Å². The van der Waals surface area contributed by atoms with Gasteiger partial charge >= 0.3 is 0 Å². The number of hydrogen-bond acceptors (Lipinski definition) is 5. The quantitative estimate of drug-likeness (QED) is 0.812. The molecule has 0 saturated carbocycles. The average molecular weight is 256 g/mol. The van der Waals surface area contributed by atoms with Gasteiger partial charge in [0, 0.05) is 18.1 Å². The van der Waals surface area contributed by atoms with Crippen molar-refractivity contribution >= 4 is 11.9 Å². The number of amides is 1. The first-order chi connectivity index (χ1) is 9.18. The Morgan fingerprint density at radius 3 is 2.84 bits per heavy atom. The molecule has 19 heavy (non-hydrogen) atoms. The zero-order valence-electron chi connectivity index (χ0n) is 10.2. The first-order valence-electron chi connectivity index (χ1n) is 5.75. The molecule has 3 heterocycles. The number of aromatic nitrogens is 4. The summed E-state index contributed by atoms with van der Waals surface area (Å²) in [6, 6.07) is 3.29. The van der Waals surface area contributed by atoms with Crippen molar-refractivity contribution in [1.82, 2.24) is 19.7 Å². The van der Waals surface area contributed by atoms with Crippen LogP contribution < -0.4 is 11.1 Å². The molecule has 3 N–H and O–H groups in total. The molecule has 1 aliphatic heterocycles. The molecular formula is C12H12N6O. The van der Waals surface area contributed by atoms with Gasteiger partial charge in [-0.3, -0.25) is 9.78 Å². The molecule has 7 nitrogen and oxygen atoms in total. The fraction of sp³-hybridized carbons (Fsp3) is 0.167. The first-order valence-corrected chi connectivity index (χ1v) is 5.75. The molecule has 0 radical (unpaired) electrons. The van der Waals surface area contributed by atoms with E-state index in [1.54, 1.807) is 24.0 Å². The molecule has 1 atom stereocenters. The lowest BCUT2D eigenvalue weighted by Gasteiger charge is -2.27. The van der Waals surface area contributed by atoms with E-state index in [-0.39, 0.29) is 6.04 Å². The molecule has 1 unspecified atom stereocenters. The summed E-state index contributed by atoms with van der Waals surface area (Å²) < 4.78 is 1.64. The minimum Gasteiger partial charge on any atom is -0.366 e. The maximum atomic E-state index is 11.7. The van der Waals surface area contributed by atoms with Crippen molar-refractivity contribution in [3.63, 3.8) is 0 Å². The van der Waals surface area contributed by atoms with Crippen LogP contribution in [-0.4, -0.2) is 25.7 Å². The zero-order chi connectivity index (χ0) is 13.4. The van der Waals surface area contributed by atoms with E-state index in [0.717, 1.165) is 5.56 Å². The fourth-order valence-corrected chi connectivity index (χ4v) is 2.26. The highest BCUT2D eigenvalue weighted by atomic mass is 16.1. The second-order valence-electron chi connectivity index (χ2n) is 4.24. The van der Waals surface area contributed by atoms with Crippen LogP contribution in [0.1, 0.15) is 18.5 Å². The highest BCUT2D eigenvalue weighted by molar-refractivity contribution is 5.95. The summed E-state index contributed by atoms with van der Waals surface area (Å²) in [5.41, 5.74) is 7.55. The minimum atomic E-state index is -0.479. The van der Waals surface area contributed by atoms with Crippen LogP contribution in [0.2, 0.25) is 0 Å². The Balaban J connectivity index is 2.21. The zero-order valence-corrected chi connectivity index (χ0v) is 10.2. The summed E-state index contributed by atoms with van der Waals surface area (Å²) in [6.07, 6.45) is 4.78. The summed E-state index contributed by atoms with van der Waals surface area (Å²) in [4.78, 5) is 19.8. The number of nitrogens with one attached hydrogen (secondary N) is 1. The van der Waals surface area contributed by atoms with Crippen LogP contribution in [0, 0.1) is 0 Å². The monoisotopic (exact) mass is 256 g/mol. The number of carbonyl (C=O) groups excluding carboxylic acids is 1. The summed E-state index contributed by atoms with van der Waals surface area (Å²) in [5.74, 6) is 0.109. The molecule has 0 bridgehead atoms. The second kappa shape index (κ2) is 4.20. The standard InChI is InChI=1S/C12H12N6O/c1-7-9(11(13)19)10(8-2-4-14-5-3-8)18-12(17-7)15-6-16-18/h2-6,10H,1H3,(H2,13,19)(H,15,16,17). The Labute approximate surface area is 109 Å². The van der Waals surface area contributed by atoms with Crippen LogP contribution in [0.25, 0.3) is 0 Å². The predicted molar refractivity (Wildman–Crippen MR) is 67.9 cm³/mol. The minimum absolute atomic E-state index is 0.376. The topological polar surface area (TPSA) is 98.7 Å². The Bertz CT molecular complexity index is 660. The maximum absolute atomic E-state index is 11.7. The van der Waals surface area contributed by atoms with E-state index in [4.69, 9.17) is 5.73 Å². The van der Waals surface area contributed by atoms with E-state index >= 15 is 0 Å². The number of hydrogen-bond donors (Lipinski definition) is 2. The van der Waals surface area contributed by atoms with Crippen LogP contribution in [-0.2, 0) is 4.79 Å². The fourth-order valence-electron chi connectivity index (χ4n) is 2.26. The normalized spacial score (nSPS) is 17.8. The van der Waals surface area contributed by atoms with Gasteiger partial charge in [0.1, 0.15) is 12.4 Å². The Morgan fingerprint density at radius 1 is 1.42 bits per heavy atom. The van der Waals surface area contributed by atoms with E-state index in [0.29, 0.717) is 17.2 Å². The van der Waals surface area contributed by atoms with Gasteiger partial charge in [0.25, 0.3) is 0 Å². The summed E-state index contributed by atoms with van der Waals surface area (Å²) >= 11 is 0. The van der Waals surface area contributed by atoms with Gasteiger partial charge in [0.2, 0.25) is 11.9 Å². The molecule has 2 aromatic rings. The van der Waals surface area contributed by atoms with Gasteiger partial charge in [-0.2, -0.15) is 10.1 Å². The molecule has 1 aliphatic rings. The van der Waals surface area contributed by atoms with Crippen molar-refractivity contribution in [3.8, 4) is 0 Å². The molecule has 0 fully saturated rings. The van der Waals surface area contributed by atoms with Gasteiger partial charge in [-0.05, 0) is 24.6 Å². The lowest BCUT2D eigenvalue weighted by Crippen LogP contribution is -2.31. The SMILES string of the molecule is CC1=C(C(N)=O)C(c2ccncc2)n2ncnc2N1. The van der Waals surface area contributed by atoms with E-state index in [1.807, 2.05) is 12.1 Å². The third-order valence-electron chi connectivity index (χ3n) is 3.08. The highest BCUT2D eigenvalue weighted by Gasteiger charge is 2.31. The van der Waals surface area contributed by atoms with Gasteiger partial charge < -0.3 is 11.1 Å². The number of allylic oxidation sites excluding steroid dienone is 1. The predicted octanol–water partition coefficient (Wildman–Crippen LogP) is 0.447. The van der Waals surface area contributed by atoms with Crippen molar-refractivity contribution in [2.75, 3.05) is 5.32 Å². The highest BCUT2D eigenvalue weighted by Crippen LogP contribution is 2.33. The third kappa shape index (κ3) is 1.75. The van der Waals surface area contributed by atoms with E-state index in [2.05, 4.69) is 20.4 Å². The smallest absolute Gasteiger partial charge is 0.248 e. The molecule has 0 saturated heterocycles. The molecule has 96 valence electrons. The number of primary amides is 1. The average Bonchev–Trinajstić information content (AvgIpc) is 2.85. The van der Waals surface area contributed by atoms with Crippen LogP contribution in [0.15, 0.2) is 42.1 Å². The lowest BCUT2D eigenvalue weighted by molar-refractivity contribution is -0.115. The van der Waals surface area contributed by atoms with Crippen molar-refractivity contribution in [3.05, 3.63) is 47.7 Å². The van der Waals surface area contributed by atoms with E-state index in [1.165, 1.54) is 6.33 Å². The molecule has 0 aromatic carbocycles. The largest absolute Gasteiger partial charge is 0.366 e. The van der Waals surface area contributed by atoms with Crippen LogP contribution in [0.3, 0.4) is 0 Å².